The summed E-state index contributed by atoms with van der Waals surface area (Å²) >= 11 is 0. The minimum Gasteiger partial charge on any atom is -1.00 e. The Bertz CT molecular complexity index is 106. The van der Waals surface area contributed by atoms with E-state index < -0.39 is 0 Å². The summed E-state index contributed by atoms with van der Waals surface area (Å²) in [6, 6.07) is 0. The number of hydrogen-bond donors (Lipinski definition) is 0. The fourth-order valence-corrected chi connectivity index (χ4v) is 0.411. The molecule has 1 saturated carbocycles. The molecule has 1 fully saturated rings. The number of hydrogen-bond acceptors (Lipinski definition) is 0. The van der Waals surface area contributed by atoms with Gasteiger partial charge in [-0.2, -0.15) is 0 Å². The summed E-state index contributed by atoms with van der Waals surface area (Å²) in [4.78, 5) is 0. The third kappa shape index (κ3) is 4.75. The first-order chi connectivity index (χ1) is 2.93. The van der Waals surface area contributed by atoms with Crippen molar-refractivity contribution in [1.29, 1.82) is 0 Å². The van der Waals surface area contributed by atoms with Gasteiger partial charge in [-0.1, -0.05) is 0 Å². The van der Waals surface area contributed by atoms with Gasteiger partial charge in [0.1, 0.15) is 0 Å². The summed E-state index contributed by atoms with van der Waals surface area (Å²) in [5.41, 5.74) is 4.59. The van der Waals surface area contributed by atoms with Gasteiger partial charge in [0, 0.05) is 0 Å². The van der Waals surface area contributed by atoms with Gasteiger partial charge in [-0.15, -0.1) is 5.73 Å². The van der Waals surface area contributed by atoms with Gasteiger partial charge in [0.25, 0.3) is 0 Å². The van der Waals surface area contributed by atoms with E-state index in [4.69, 9.17) is 0 Å². The zero-order valence-electron chi connectivity index (χ0n) is 5.37. The van der Waals surface area contributed by atoms with Crippen molar-refractivity contribution in [3.63, 3.8) is 0 Å². The number of rotatable bonds is 0. The predicted molar refractivity (Wildman–Crippen MR) is 26.5 cm³/mol. The second-order valence-corrected chi connectivity index (χ2v) is 1.54. The Hall–Kier alpha value is 0.597. The third-order valence-electron chi connectivity index (χ3n) is 0.848. The first-order valence-corrected chi connectivity index (χ1v) is 2.32. The molecular formula is C6H8BrLi. The van der Waals surface area contributed by atoms with Gasteiger partial charge in [-0.3, -0.25) is 0 Å². The Balaban J connectivity index is 0. The topological polar surface area (TPSA) is 0 Å². The first-order valence-electron chi connectivity index (χ1n) is 2.32. The molecule has 0 heterocycles. The van der Waals surface area contributed by atoms with Gasteiger partial charge < -0.3 is 17.0 Å². The van der Waals surface area contributed by atoms with Crippen LogP contribution in [0.25, 0.3) is 0 Å². The molecule has 2 heteroatoms. The summed E-state index contributed by atoms with van der Waals surface area (Å²) in [6.07, 6.45) is 4.57. The predicted octanol–water partition coefficient (Wildman–Crippen LogP) is -4.11. The molecule has 0 radical (unpaired) electrons. The summed E-state index contributed by atoms with van der Waals surface area (Å²) < 4.78 is 0. The van der Waals surface area contributed by atoms with Crippen LogP contribution in [0, 0.1) is 0 Å². The molecule has 0 unspecified atom stereocenters. The molecule has 0 bridgehead atoms. The quantitative estimate of drug-likeness (QED) is 0.254. The molecule has 0 atom stereocenters. The molecule has 0 spiro atoms. The van der Waals surface area contributed by atoms with Crippen LogP contribution in [0.3, 0.4) is 0 Å². The average molecular weight is 167 g/mol. The Kier molecular flexibility index (Phi) is 8.16. The minimum atomic E-state index is 0. The van der Waals surface area contributed by atoms with Gasteiger partial charge in [0.05, 0.1) is 0 Å². The van der Waals surface area contributed by atoms with Crippen LogP contribution in [0.15, 0.2) is 17.4 Å². The molecule has 1 aliphatic carbocycles. The number of halogens is 1. The zero-order chi connectivity index (χ0) is 4.41. The fraction of sp³-hybridized carbons (Fsp3) is 0.500. The van der Waals surface area contributed by atoms with Crippen LogP contribution in [-0.2, 0) is 0 Å². The smallest absolute Gasteiger partial charge is 1.00 e. The molecule has 40 valence electrons. The molecule has 0 saturated heterocycles. The van der Waals surface area contributed by atoms with Crippen molar-refractivity contribution in [3.8, 4) is 0 Å². The molecule has 0 aromatic heterocycles. The molecule has 0 aliphatic heterocycles. The first kappa shape index (κ1) is 11.4. The van der Waals surface area contributed by atoms with Crippen molar-refractivity contribution in [2.75, 3.05) is 0 Å². The Labute approximate surface area is 73.0 Å². The van der Waals surface area contributed by atoms with Gasteiger partial charge in [0.2, 0.25) is 0 Å². The van der Waals surface area contributed by atoms with E-state index in [1.807, 2.05) is 13.0 Å². The maximum atomic E-state index is 3.11. The minimum absolute atomic E-state index is 0. The van der Waals surface area contributed by atoms with Crippen molar-refractivity contribution in [1.82, 2.24) is 0 Å². The van der Waals surface area contributed by atoms with Crippen molar-refractivity contribution in [3.05, 3.63) is 17.4 Å². The van der Waals surface area contributed by atoms with Crippen LogP contribution in [0.4, 0.5) is 0 Å². The Morgan fingerprint density at radius 3 is 2.12 bits per heavy atom. The van der Waals surface area contributed by atoms with Crippen molar-refractivity contribution in [2.24, 2.45) is 0 Å². The molecular weight excluding hydrogens is 159 g/mol. The van der Waals surface area contributed by atoms with E-state index in [0.717, 1.165) is 0 Å². The molecule has 1 rings (SSSR count). The van der Waals surface area contributed by atoms with Crippen LogP contribution < -0.4 is 35.8 Å². The second-order valence-electron chi connectivity index (χ2n) is 1.54. The van der Waals surface area contributed by atoms with E-state index in [9.17, 15) is 0 Å². The summed E-state index contributed by atoms with van der Waals surface area (Å²) in [7, 11) is 0. The normalized spacial score (nSPS) is 12.4. The Morgan fingerprint density at radius 1 is 1.50 bits per heavy atom. The SMILES string of the molecule is CC=C=C1CC1.[Br-].[Li+]. The van der Waals surface area contributed by atoms with E-state index in [1.165, 1.54) is 18.4 Å². The standard InChI is InChI=1S/C6H8.BrH.Li/c1-2-3-6-4-5-6;;/h2H,4-5H2,1H3;1H;/q;;+1/p-1. The van der Waals surface area contributed by atoms with Crippen LogP contribution in [0.2, 0.25) is 0 Å². The molecule has 0 N–H and O–H groups in total. The van der Waals surface area contributed by atoms with Crippen molar-refractivity contribution in [2.45, 2.75) is 19.8 Å². The van der Waals surface area contributed by atoms with E-state index in [0.29, 0.717) is 0 Å². The molecule has 0 amide bonds. The monoisotopic (exact) mass is 166 g/mol. The van der Waals surface area contributed by atoms with E-state index >= 15 is 0 Å². The van der Waals surface area contributed by atoms with Crippen LogP contribution in [0.5, 0.6) is 0 Å². The van der Waals surface area contributed by atoms with Crippen LogP contribution >= 0.6 is 0 Å². The largest absolute Gasteiger partial charge is 1.00 e. The molecule has 0 aromatic rings. The summed E-state index contributed by atoms with van der Waals surface area (Å²) in [5, 5.41) is 0. The van der Waals surface area contributed by atoms with E-state index in [-0.39, 0.29) is 35.8 Å². The average Bonchev–Trinajstić information content (AvgIpc) is 2.21. The second kappa shape index (κ2) is 5.73. The molecule has 8 heavy (non-hydrogen) atoms. The maximum absolute atomic E-state index is 3.11. The van der Waals surface area contributed by atoms with Crippen molar-refractivity contribution < 1.29 is 35.8 Å². The van der Waals surface area contributed by atoms with Gasteiger partial charge in [0.15, 0.2) is 0 Å². The Morgan fingerprint density at radius 2 is 2.00 bits per heavy atom. The van der Waals surface area contributed by atoms with Crippen LogP contribution in [-0.4, -0.2) is 0 Å². The van der Waals surface area contributed by atoms with Gasteiger partial charge in [-0.25, -0.2) is 0 Å². The summed E-state index contributed by atoms with van der Waals surface area (Å²) in [6.45, 7) is 2.01. The molecule has 0 nitrogen and oxygen atoms in total. The van der Waals surface area contributed by atoms with E-state index in [1.54, 1.807) is 0 Å². The maximum Gasteiger partial charge on any atom is 1.00 e. The zero-order valence-corrected chi connectivity index (χ0v) is 6.96. The van der Waals surface area contributed by atoms with Gasteiger partial charge in [-0.05, 0) is 31.4 Å². The molecule has 0 aromatic carbocycles. The fourth-order valence-electron chi connectivity index (χ4n) is 0.411. The molecule has 1 aliphatic rings. The van der Waals surface area contributed by atoms with Crippen molar-refractivity contribution >= 4 is 0 Å². The number of allylic oxidation sites excluding steroid dienone is 1. The summed E-state index contributed by atoms with van der Waals surface area (Å²) in [5.74, 6) is 0. The third-order valence-corrected chi connectivity index (χ3v) is 0.848. The van der Waals surface area contributed by atoms with Gasteiger partial charge >= 0.3 is 18.9 Å². The van der Waals surface area contributed by atoms with Crippen LogP contribution in [0.1, 0.15) is 19.8 Å². The van der Waals surface area contributed by atoms with E-state index in [2.05, 4.69) is 5.73 Å².